The van der Waals surface area contributed by atoms with Crippen LogP contribution >= 0.6 is 0 Å². The fourth-order valence-corrected chi connectivity index (χ4v) is 1.71. The molecule has 0 unspecified atom stereocenters. The van der Waals surface area contributed by atoms with Gasteiger partial charge in [-0.2, -0.15) is 0 Å². The Balaban J connectivity index is 2.44. The molecule has 0 saturated carbocycles. The monoisotopic (exact) mass is 201 g/mol. The average Bonchev–Trinajstić information content (AvgIpc) is 2.64. The van der Waals surface area contributed by atoms with Crippen molar-refractivity contribution in [3.8, 4) is 5.69 Å². The van der Waals surface area contributed by atoms with Crippen LogP contribution in [0.3, 0.4) is 0 Å². The fraction of sp³-hybridized carbons (Fsp3) is 0.250. The first-order valence-electron chi connectivity index (χ1n) is 5.00. The molecule has 0 aliphatic carbocycles. The van der Waals surface area contributed by atoms with Crippen molar-refractivity contribution in [1.82, 2.24) is 9.55 Å². The summed E-state index contributed by atoms with van der Waals surface area (Å²) in [5.74, 6) is 0. The first-order chi connectivity index (χ1) is 7.19. The van der Waals surface area contributed by atoms with Crippen LogP contribution in [0.1, 0.15) is 16.8 Å². The normalized spacial score (nSPS) is 10.6. The van der Waals surface area contributed by atoms with E-state index >= 15 is 0 Å². The quantitative estimate of drug-likeness (QED) is 0.807. The molecule has 3 nitrogen and oxygen atoms in total. The minimum absolute atomic E-state index is 0.484. The van der Waals surface area contributed by atoms with Crippen molar-refractivity contribution in [2.75, 3.05) is 0 Å². The molecule has 1 heterocycles. The predicted octanol–water partition coefficient (Wildman–Crippen LogP) is 1.95. The van der Waals surface area contributed by atoms with Gasteiger partial charge in [-0.25, -0.2) is 4.98 Å². The lowest BCUT2D eigenvalue weighted by Gasteiger charge is -2.04. The van der Waals surface area contributed by atoms with Crippen LogP contribution in [0.5, 0.6) is 0 Å². The summed E-state index contributed by atoms with van der Waals surface area (Å²) in [6, 6.07) is 6.42. The second-order valence-corrected chi connectivity index (χ2v) is 3.82. The minimum Gasteiger partial charge on any atom is -0.325 e. The minimum atomic E-state index is 0.484. The van der Waals surface area contributed by atoms with Gasteiger partial charge in [0.2, 0.25) is 0 Å². The van der Waals surface area contributed by atoms with E-state index in [1.807, 2.05) is 10.8 Å². The van der Waals surface area contributed by atoms with Crippen LogP contribution in [-0.4, -0.2) is 9.55 Å². The molecule has 78 valence electrons. The maximum absolute atomic E-state index is 5.53. The van der Waals surface area contributed by atoms with Crippen LogP contribution in [0.25, 0.3) is 5.69 Å². The molecule has 2 N–H and O–H groups in total. The van der Waals surface area contributed by atoms with Gasteiger partial charge in [0.25, 0.3) is 0 Å². The number of nitrogens with two attached hydrogens (primary N) is 1. The molecule has 2 rings (SSSR count). The van der Waals surface area contributed by atoms with Crippen molar-refractivity contribution >= 4 is 0 Å². The third-order valence-electron chi connectivity index (χ3n) is 2.35. The molecule has 0 spiro atoms. The number of hydrogen-bond acceptors (Lipinski definition) is 2. The SMILES string of the molecule is Cc1cc(C)cc(-n2cnc(CN)c2)c1. The largest absolute Gasteiger partial charge is 0.325 e. The third-order valence-corrected chi connectivity index (χ3v) is 2.35. The lowest BCUT2D eigenvalue weighted by Crippen LogP contribution is -1.96. The topological polar surface area (TPSA) is 43.8 Å². The van der Waals surface area contributed by atoms with E-state index in [0.29, 0.717) is 6.54 Å². The molecule has 0 aliphatic rings. The molecule has 0 fully saturated rings. The Morgan fingerprint density at radius 3 is 2.40 bits per heavy atom. The van der Waals surface area contributed by atoms with Crippen LogP contribution in [0.15, 0.2) is 30.7 Å². The lowest BCUT2D eigenvalue weighted by molar-refractivity contribution is 1.01. The number of hydrogen-bond donors (Lipinski definition) is 1. The standard InChI is InChI=1S/C12H15N3/c1-9-3-10(2)5-12(4-9)15-7-11(6-13)14-8-15/h3-5,7-8H,6,13H2,1-2H3. The first-order valence-corrected chi connectivity index (χ1v) is 5.00. The van der Waals surface area contributed by atoms with Crippen LogP contribution in [0, 0.1) is 13.8 Å². The number of imidazole rings is 1. The van der Waals surface area contributed by atoms with Gasteiger partial charge in [-0.15, -0.1) is 0 Å². The zero-order chi connectivity index (χ0) is 10.8. The highest BCUT2D eigenvalue weighted by molar-refractivity contribution is 5.39. The summed E-state index contributed by atoms with van der Waals surface area (Å²) in [5.41, 5.74) is 10.1. The van der Waals surface area contributed by atoms with Gasteiger partial charge >= 0.3 is 0 Å². The van der Waals surface area contributed by atoms with Crippen molar-refractivity contribution in [3.05, 3.63) is 47.5 Å². The van der Waals surface area contributed by atoms with Gasteiger partial charge in [0.1, 0.15) is 0 Å². The summed E-state index contributed by atoms with van der Waals surface area (Å²) in [5, 5.41) is 0. The highest BCUT2D eigenvalue weighted by atomic mass is 15.0. The van der Waals surface area contributed by atoms with Crippen molar-refractivity contribution < 1.29 is 0 Å². The zero-order valence-electron chi connectivity index (χ0n) is 9.07. The van der Waals surface area contributed by atoms with Crippen LogP contribution < -0.4 is 5.73 Å². The summed E-state index contributed by atoms with van der Waals surface area (Å²) in [4.78, 5) is 4.21. The molecule has 1 aromatic carbocycles. The van der Waals surface area contributed by atoms with E-state index in [1.54, 1.807) is 6.33 Å². The van der Waals surface area contributed by atoms with E-state index in [0.717, 1.165) is 11.4 Å². The summed E-state index contributed by atoms with van der Waals surface area (Å²) in [7, 11) is 0. The fourth-order valence-electron chi connectivity index (χ4n) is 1.71. The van der Waals surface area contributed by atoms with E-state index in [1.165, 1.54) is 11.1 Å². The number of nitrogens with zero attached hydrogens (tertiary/aromatic N) is 2. The maximum Gasteiger partial charge on any atom is 0.0995 e. The molecule has 0 radical (unpaired) electrons. The molecule has 0 aliphatic heterocycles. The maximum atomic E-state index is 5.53. The molecule has 0 saturated heterocycles. The molecule has 0 amide bonds. The second-order valence-electron chi connectivity index (χ2n) is 3.82. The molecule has 2 aromatic rings. The lowest BCUT2D eigenvalue weighted by atomic mass is 10.1. The van der Waals surface area contributed by atoms with Gasteiger partial charge in [-0.05, 0) is 37.1 Å². The van der Waals surface area contributed by atoms with Crippen molar-refractivity contribution in [2.24, 2.45) is 5.73 Å². The van der Waals surface area contributed by atoms with E-state index < -0.39 is 0 Å². The molecule has 3 heteroatoms. The van der Waals surface area contributed by atoms with E-state index in [-0.39, 0.29) is 0 Å². The van der Waals surface area contributed by atoms with Crippen molar-refractivity contribution in [3.63, 3.8) is 0 Å². The van der Waals surface area contributed by atoms with Crippen molar-refractivity contribution in [2.45, 2.75) is 20.4 Å². The predicted molar refractivity (Wildman–Crippen MR) is 60.9 cm³/mol. The summed E-state index contributed by atoms with van der Waals surface area (Å²) < 4.78 is 2.00. The molecule has 1 aromatic heterocycles. The van der Waals surface area contributed by atoms with E-state index in [4.69, 9.17) is 5.73 Å². The summed E-state index contributed by atoms with van der Waals surface area (Å²) >= 11 is 0. The van der Waals surface area contributed by atoms with Gasteiger partial charge < -0.3 is 10.3 Å². The smallest absolute Gasteiger partial charge is 0.0995 e. The van der Waals surface area contributed by atoms with Crippen LogP contribution in [-0.2, 0) is 6.54 Å². The number of benzene rings is 1. The van der Waals surface area contributed by atoms with Gasteiger partial charge in [-0.1, -0.05) is 6.07 Å². The molecular formula is C12H15N3. The third kappa shape index (κ3) is 2.07. The van der Waals surface area contributed by atoms with Gasteiger partial charge in [0, 0.05) is 18.4 Å². The number of rotatable bonds is 2. The molecule has 0 bridgehead atoms. The van der Waals surface area contributed by atoms with E-state index in [2.05, 4.69) is 37.0 Å². The molecule has 0 atom stereocenters. The highest BCUT2D eigenvalue weighted by Gasteiger charge is 2.00. The van der Waals surface area contributed by atoms with Gasteiger partial charge in [0.05, 0.1) is 12.0 Å². The van der Waals surface area contributed by atoms with Crippen molar-refractivity contribution in [1.29, 1.82) is 0 Å². The summed E-state index contributed by atoms with van der Waals surface area (Å²) in [6.07, 6.45) is 3.77. The van der Waals surface area contributed by atoms with Crippen LogP contribution in [0.2, 0.25) is 0 Å². The van der Waals surface area contributed by atoms with Gasteiger partial charge in [0.15, 0.2) is 0 Å². The Bertz CT molecular complexity index is 451. The Hall–Kier alpha value is -1.61. The molecule has 15 heavy (non-hydrogen) atoms. The average molecular weight is 201 g/mol. The van der Waals surface area contributed by atoms with Crippen LogP contribution in [0.4, 0.5) is 0 Å². The summed E-state index contributed by atoms with van der Waals surface area (Å²) in [6.45, 7) is 4.67. The molecular weight excluding hydrogens is 186 g/mol. The number of aryl methyl sites for hydroxylation is 2. The number of aromatic nitrogens is 2. The van der Waals surface area contributed by atoms with E-state index in [9.17, 15) is 0 Å². The highest BCUT2D eigenvalue weighted by Crippen LogP contribution is 2.13. The van der Waals surface area contributed by atoms with Gasteiger partial charge in [-0.3, -0.25) is 0 Å². The Labute approximate surface area is 89.6 Å². The second kappa shape index (κ2) is 3.87. The Morgan fingerprint density at radius 2 is 1.87 bits per heavy atom. The zero-order valence-corrected chi connectivity index (χ0v) is 9.07. The Morgan fingerprint density at radius 1 is 1.20 bits per heavy atom. The first kappa shape index (κ1) is 9.93. The Kier molecular flexibility index (Phi) is 2.56.